The minimum Gasteiger partial charge on any atom is -0.338 e. The number of amides is 1. The molecule has 0 unspecified atom stereocenters. The molecule has 3 heterocycles. The first-order valence-electron chi connectivity index (χ1n) is 8.99. The lowest BCUT2D eigenvalue weighted by Gasteiger charge is -2.34. The number of piperazine rings is 1. The molecule has 4 rings (SSSR count). The van der Waals surface area contributed by atoms with Gasteiger partial charge < -0.3 is 15.1 Å². The van der Waals surface area contributed by atoms with Gasteiger partial charge in [-0.2, -0.15) is 0 Å². The summed E-state index contributed by atoms with van der Waals surface area (Å²) >= 11 is 0. The number of anilines is 3. The van der Waals surface area contributed by atoms with E-state index in [2.05, 4.69) is 25.2 Å². The van der Waals surface area contributed by atoms with Crippen molar-refractivity contribution in [1.29, 1.82) is 0 Å². The van der Waals surface area contributed by atoms with E-state index in [1.54, 1.807) is 53.7 Å². The summed E-state index contributed by atoms with van der Waals surface area (Å²) in [7, 11) is 0. The summed E-state index contributed by atoms with van der Waals surface area (Å²) in [6.07, 6.45) is 4.93. The third-order valence-electron chi connectivity index (χ3n) is 4.55. The zero-order valence-electron chi connectivity index (χ0n) is 15.1. The van der Waals surface area contributed by atoms with Crippen LogP contribution in [0.25, 0.3) is 0 Å². The number of halogens is 1. The Bertz CT molecular complexity index is 942. The summed E-state index contributed by atoms with van der Waals surface area (Å²) in [5.41, 5.74) is 0.844. The van der Waals surface area contributed by atoms with Crippen LogP contribution in [0.2, 0.25) is 0 Å². The molecule has 1 N–H and O–H groups in total. The number of nitrogens with one attached hydrogen (secondary N) is 1. The highest BCUT2D eigenvalue weighted by Gasteiger charge is 2.23. The van der Waals surface area contributed by atoms with E-state index >= 15 is 0 Å². The summed E-state index contributed by atoms with van der Waals surface area (Å²) in [6, 6.07) is 11.5. The van der Waals surface area contributed by atoms with Crippen LogP contribution in [0.4, 0.5) is 21.8 Å². The van der Waals surface area contributed by atoms with Crippen molar-refractivity contribution in [3.05, 3.63) is 72.4 Å². The standard InChI is InChI=1S/C20H19FN6O/c21-16-4-1-2-5-17(16)25-18-7-6-15(14-24-18)19(28)26-10-12-27(13-11-26)20-22-8-3-9-23-20/h1-9,14H,10-13H2,(H,24,25). The molecule has 0 bridgehead atoms. The molecule has 3 aromatic rings. The molecule has 142 valence electrons. The molecule has 0 aliphatic carbocycles. The van der Waals surface area contributed by atoms with Gasteiger partial charge >= 0.3 is 0 Å². The number of pyridine rings is 1. The Morgan fingerprint density at radius 3 is 2.36 bits per heavy atom. The lowest BCUT2D eigenvalue weighted by molar-refractivity contribution is 0.0746. The average molecular weight is 378 g/mol. The maximum Gasteiger partial charge on any atom is 0.255 e. The first-order valence-corrected chi connectivity index (χ1v) is 8.99. The van der Waals surface area contributed by atoms with E-state index in [0.717, 1.165) is 0 Å². The number of hydrogen-bond acceptors (Lipinski definition) is 6. The molecule has 1 saturated heterocycles. The van der Waals surface area contributed by atoms with Crippen molar-refractivity contribution in [3.63, 3.8) is 0 Å². The van der Waals surface area contributed by atoms with Crippen LogP contribution in [0.1, 0.15) is 10.4 Å². The third kappa shape index (κ3) is 3.90. The van der Waals surface area contributed by atoms with Crippen LogP contribution >= 0.6 is 0 Å². The van der Waals surface area contributed by atoms with Crippen molar-refractivity contribution in [2.75, 3.05) is 36.4 Å². The van der Waals surface area contributed by atoms with E-state index in [1.807, 2.05) is 0 Å². The Balaban J connectivity index is 1.37. The van der Waals surface area contributed by atoms with Crippen molar-refractivity contribution < 1.29 is 9.18 Å². The molecule has 1 fully saturated rings. The van der Waals surface area contributed by atoms with Gasteiger partial charge in [0.05, 0.1) is 11.3 Å². The molecular weight excluding hydrogens is 359 g/mol. The highest BCUT2D eigenvalue weighted by Crippen LogP contribution is 2.19. The van der Waals surface area contributed by atoms with E-state index < -0.39 is 0 Å². The monoisotopic (exact) mass is 378 g/mol. The Labute approximate surface area is 161 Å². The summed E-state index contributed by atoms with van der Waals surface area (Å²) in [5, 5.41) is 2.91. The molecule has 0 atom stereocenters. The van der Waals surface area contributed by atoms with Gasteiger partial charge in [-0.15, -0.1) is 0 Å². The second-order valence-electron chi connectivity index (χ2n) is 6.37. The van der Waals surface area contributed by atoms with Crippen LogP contribution in [0.3, 0.4) is 0 Å². The van der Waals surface area contributed by atoms with Gasteiger partial charge in [0.1, 0.15) is 11.6 Å². The predicted molar refractivity (Wildman–Crippen MR) is 104 cm³/mol. The minimum atomic E-state index is -0.357. The highest BCUT2D eigenvalue weighted by atomic mass is 19.1. The smallest absolute Gasteiger partial charge is 0.255 e. The van der Waals surface area contributed by atoms with Crippen molar-refractivity contribution in [2.45, 2.75) is 0 Å². The number of rotatable bonds is 4. The number of nitrogens with zero attached hydrogens (tertiary/aromatic N) is 5. The van der Waals surface area contributed by atoms with Gasteiger partial charge in [0.2, 0.25) is 5.95 Å². The van der Waals surface area contributed by atoms with Crippen LogP contribution in [0.5, 0.6) is 0 Å². The van der Waals surface area contributed by atoms with E-state index in [-0.39, 0.29) is 11.7 Å². The molecule has 0 spiro atoms. The fraction of sp³-hybridized carbons (Fsp3) is 0.200. The van der Waals surface area contributed by atoms with Crippen LogP contribution < -0.4 is 10.2 Å². The second-order valence-corrected chi connectivity index (χ2v) is 6.37. The number of carbonyl (C=O) groups is 1. The van der Waals surface area contributed by atoms with Crippen LogP contribution in [0, 0.1) is 5.82 Å². The largest absolute Gasteiger partial charge is 0.338 e. The first-order chi connectivity index (χ1) is 13.7. The van der Waals surface area contributed by atoms with E-state index in [1.165, 1.54) is 12.3 Å². The molecular formula is C20H19FN6O. The first kappa shape index (κ1) is 17.8. The van der Waals surface area contributed by atoms with Crippen molar-refractivity contribution in [3.8, 4) is 0 Å². The Hall–Kier alpha value is -3.55. The molecule has 8 heteroatoms. The molecule has 0 saturated carbocycles. The minimum absolute atomic E-state index is 0.0708. The number of carbonyl (C=O) groups excluding carboxylic acids is 1. The van der Waals surface area contributed by atoms with Crippen molar-refractivity contribution in [2.24, 2.45) is 0 Å². The van der Waals surface area contributed by atoms with Gasteiger partial charge in [0, 0.05) is 44.8 Å². The summed E-state index contributed by atoms with van der Waals surface area (Å²) < 4.78 is 13.7. The topological polar surface area (TPSA) is 74.2 Å². The Morgan fingerprint density at radius 2 is 1.68 bits per heavy atom. The zero-order valence-corrected chi connectivity index (χ0v) is 15.1. The van der Waals surface area contributed by atoms with Gasteiger partial charge in [0.15, 0.2) is 0 Å². The highest BCUT2D eigenvalue weighted by molar-refractivity contribution is 5.94. The van der Waals surface area contributed by atoms with Gasteiger partial charge in [0.25, 0.3) is 5.91 Å². The van der Waals surface area contributed by atoms with E-state index in [4.69, 9.17) is 0 Å². The molecule has 0 radical (unpaired) electrons. The van der Waals surface area contributed by atoms with Gasteiger partial charge in [-0.3, -0.25) is 4.79 Å². The van der Waals surface area contributed by atoms with E-state index in [0.29, 0.717) is 49.2 Å². The fourth-order valence-electron chi connectivity index (χ4n) is 3.04. The molecule has 1 aliphatic rings. The average Bonchev–Trinajstić information content (AvgIpc) is 2.76. The van der Waals surface area contributed by atoms with Crippen LogP contribution in [0.15, 0.2) is 61.1 Å². The molecule has 28 heavy (non-hydrogen) atoms. The van der Waals surface area contributed by atoms with Gasteiger partial charge in [-0.05, 0) is 30.3 Å². The zero-order chi connectivity index (χ0) is 19.3. The molecule has 7 nitrogen and oxygen atoms in total. The van der Waals surface area contributed by atoms with Gasteiger partial charge in [-0.1, -0.05) is 12.1 Å². The summed E-state index contributed by atoms with van der Waals surface area (Å²) in [6.45, 7) is 2.53. The maximum absolute atomic E-state index is 13.7. The number of aromatic nitrogens is 3. The quantitative estimate of drug-likeness (QED) is 0.753. The van der Waals surface area contributed by atoms with Gasteiger partial charge in [-0.25, -0.2) is 19.3 Å². The maximum atomic E-state index is 13.7. The third-order valence-corrected chi connectivity index (χ3v) is 4.55. The summed E-state index contributed by atoms with van der Waals surface area (Å²) in [5.74, 6) is 0.732. The lowest BCUT2D eigenvalue weighted by atomic mass is 10.2. The van der Waals surface area contributed by atoms with Crippen molar-refractivity contribution in [1.82, 2.24) is 19.9 Å². The van der Waals surface area contributed by atoms with E-state index in [9.17, 15) is 9.18 Å². The molecule has 1 amide bonds. The molecule has 1 aliphatic heterocycles. The predicted octanol–water partition coefficient (Wildman–Crippen LogP) is 2.72. The summed E-state index contributed by atoms with van der Waals surface area (Å²) in [4.78, 5) is 29.3. The SMILES string of the molecule is O=C(c1ccc(Nc2ccccc2F)nc1)N1CCN(c2ncccn2)CC1. The fourth-order valence-corrected chi connectivity index (χ4v) is 3.04. The molecule has 2 aromatic heterocycles. The number of para-hydroxylation sites is 1. The van der Waals surface area contributed by atoms with Crippen LogP contribution in [-0.4, -0.2) is 51.9 Å². The van der Waals surface area contributed by atoms with Crippen LogP contribution in [-0.2, 0) is 0 Å². The number of benzene rings is 1. The van der Waals surface area contributed by atoms with Crippen molar-refractivity contribution >= 4 is 23.4 Å². The second kappa shape index (κ2) is 7.99. The normalized spacial score (nSPS) is 14.0. The Morgan fingerprint density at radius 1 is 0.929 bits per heavy atom. The molecule has 1 aromatic carbocycles. The lowest BCUT2D eigenvalue weighted by Crippen LogP contribution is -2.49. The number of hydrogen-bond donors (Lipinski definition) is 1. The Kier molecular flexibility index (Phi) is 5.09.